The first-order chi connectivity index (χ1) is 19.9. The van der Waals surface area contributed by atoms with Gasteiger partial charge in [0.15, 0.2) is 5.78 Å². The third-order valence-electron chi connectivity index (χ3n) is 7.14. The fraction of sp³-hybridized carbons (Fsp3) is 0.355. The van der Waals surface area contributed by atoms with E-state index < -0.39 is 17.6 Å². The number of halogens is 1. The molecule has 42 heavy (non-hydrogen) atoms. The maximum atomic E-state index is 13.5. The van der Waals surface area contributed by atoms with Crippen LogP contribution in [-0.4, -0.2) is 50.9 Å². The molecule has 4 aromatic rings. The molecular formula is C31H33ClN4O5S. The Bertz CT molecular complexity index is 1650. The van der Waals surface area contributed by atoms with E-state index in [0.29, 0.717) is 52.8 Å². The van der Waals surface area contributed by atoms with Gasteiger partial charge in [0, 0.05) is 41.2 Å². The molecule has 1 atom stereocenters. The number of hydrogen-bond acceptors (Lipinski definition) is 7. The number of carbonyl (C=O) groups excluding carboxylic acids is 3. The number of fused-ring (bicyclic) bond motifs is 1. The van der Waals surface area contributed by atoms with Crippen molar-refractivity contribution in [2.75, 3.05) is 13.1 Å². The first kappa shape index (κ1) is 29.6. The summed E-state index contributed by atoms with van der Waals surface area (Å²) in [5.41, 5.74) is 7.91. The molecule has 2 N–H and O–H groups in total. The molecule has 0 saturated carbocycles. The zero-order valence-corrected chi connectivity index (χ0v) is 25.5. The Morgan fingerprint density at radius 1 is 1.10 bits per heavy atom. The summed E-state index contributed by atoms with van der Waals surface area (Å²) in [7, 11) is 0. The van der Waals surface area contributed by atoms with Crippen molar-refractivity contribution < 1.29 is 23.9 Å². The van der Waals surface area contributed by atoms with Crippen LogP contribution in [0.4, 0.5) is 4.79 Å². The highest BCUT2D eigenvalue weighted by Gasteiger charge is 2.31. The molecule has 11 heteroatoms. The molecule has 9 nitrogen and oxygen atoms in total. The largest absolute Gasteiger partial charge is 0.484 e. The van der Waals surface area contributed by atoms with E-state index in [1.807, 2.05) is 62.6 Å². The second kappa shape index (κ2) is 11.8. The van der Waals surface area contributed by atoms with Gasteiger partial charge >= 0.3 is 6.09 Å². The lowest BCUT2D eigenvalue weighted by atomic mass is 9.89. The van der Waals surface area contributed by atoms with Gasteiger partial charge in [-0.2, -0.15) is 0 Å². The molecule has 1 fully saturated rings. The Morgan fingerprint density at radius 2 is 1.81 bits per heavy atom. The van der Waals surface area contributed by atoms with E-state index in [-0.39, 0.29) is 22.7 Å². The summed E-state index contributed by atoms with van der Waals surface area (Å²) < 4.78 is 13.5. The maximum absolute atomic E-state index is 13.5. The number of rotatable bonds is 7. The Labute approximate surface area is 253 Å². The first-order valence-corrected chi connectivity index (χ1v) is 14.9. The third kappa shape index (κ3) is 6.29. The summed E-state index contributed by atoms with van der Waals surface area (Å²) in [6.07, 6.45) is 1.99. The molecule has 1 aliphatic rings. The first-order valence-electron chi connectivity index (χ1n) is 13.8. The SMILES string of the molecule is C[C@@H](Oc1cc(-n2cnc3ccc(C(=O)C4CCN(C(=O)OC(C)(C)C)CC4)cc32)sc1C(N)=O)c1ccccc1Cl. The van der Waals surface area contributed by atoms with E-state index in [2.05, 4.69) is 4.98 Å². The van der Waals surface area contributed by atoms with Crippen LogP contribution in [0.5, 0.6) is 5.75 Å². The van der Waals surface area contributed by atoms with E-state index in [9.17, 15) is 14.4 Å². The van der Waals surface area contributed by atoms with Gasteiger partial charge in [0.05, 0.1) is 11.0 Å². The summed E-state index contributed by atoms with van der Waals surface area (Å²) in [4.78, 5) is 44.7. The zero-order chi connectivity index (χ0) is 30.2. The Hall–Kier alpha value is -3.89. The summed E-state index contributed by atoms with van der Waals surface area (Å²) in [6, 6.07) is 14.5. The number of aromatic nitrogens is 2. The van der Waals surface area contributed by atoms with Crippen molar-refractivity contribution in [2.45, 2.75) is 52.2 Å². The van der Waals surface area contributed by atoms with E-state index in [0.717, 1.165) is 11.1 Å². The van der Waals surface area contributed by atoms with E-state index in [1.165, 1.54) is 11.3 Å². The summed E-state index contributed by atoms with van der Waals surface area (Å²) in [6.45, 7) is 8.29. The predicted molar refractivity (Wildman–Crippen MR) is 163 cm³/mol. The normalized spacial score (nSPS) is 15.0. The van der Waals surface area contributed by atoms with Gasteiger partial charge in [0.2, 0.25) is 0 Å². The summed E-state index contributed by atoms with van der Waals surface area (Å²) >= 11 is 7.53. The number of nitrogens with two attached hydrogens (primary N) is 1. The number of likely N-dealkylation sites (tertiary alicyclic amines) is 1. The van der Waals surface area contributed by atoms with Crippen molar-refractivity contribution in [2.24, 2.45) is 11.7 Å². The highest BCUT2D eigenvalue weighted by Crippen LogP contribution is 2.37. The number of amides is 2. The molecule has 0 spiro atoms. The number of carbonyl (C=O) groups is 3. The highest BCUT2D eigenvalue weighted by molar-refractivity contribution is 7.16. The molecule has 220 valence electrons. The number of Topliss-reactive ketones (excluding diaryl/α,β-unsaturated/α-hetero) is 1. The molecule has 1 aliphatic heterocycles. The van der Waals surface area contributed by atoms with Crippen LogP contribution in [0.1, 0.15) is 72.2 Å². The van der Waals surface area contributed by atoms with Crippen LogP contribution in [0.15, 0.2) is 54.9 Å². The lowest BCUT2D eigenvalue weighted by Gasteiger charge is -2.33. The van der Waals surface area contributed by atoms with Crippen LogP contribution < -0.4 is 10.5 Å². The fourth-order valence-corrected chi connectivity index (χ4v) is 6.24. The minimum Gasteiger partial charge on any atom is -0.484 e. The molecule has 2 aromatic heterocycles. The van der Waals surface area contributed by atoms with Gasteiger partial charge in [-0.05, 0) is 64.8 Å². The summed E-state index contributed by atoms with van der Waals surface area (Å²) in [5.74, 6) is -0.437. The van der Waals surface area contributed by atoms with Crippen LogP contribution >= 0.6 is 22.9 Å². The van der Waals surface area contributed by atoms with E-state index in [4.69, 9.17) is 26.8 Å². The molecule has 2 aromatic carbocycles. The number of piperidine rings is 1. The van der Waals surface area contributed by atoms with Gasteiger partial charge in [-0.1, -0.05) is 29.8 Å². The zero-order valence-electron chi connectivity index (χ0n) is 23.9. The Kier molecular flexibility index (Phi) is 8.30. The number of benzene rings is 2. The third-order valence-corrected chi connectivity index (χ3v) is 8.62. The van der Waals surface area contributed by atoms with Crippen LogP contribution in [0.3, 0.4) is 0 Å². The van der Waals surface area contributed by atoms with Crippen LogP contribution in [-0.2, 0) is 4.74 Å². The monoisotopic (exact) mass is 608 g/mol. The van der Waals surface area contributed by atoms with Gasteiger partial charge < -0.3 is 20.1 Å². The molecule has 0 aliphatic carbocycles. The molecule has 3 heterocycles. The maximum Gasteiger partial charge on any atom is 0.410 e. The van der Waals surface area contributed by atoms with Gasteiger partial charge in [0.25, 0.3) is 5.91 Å². The van der Waals surface area contributed by atoms with Crippen molar-refractivity contribution >= 4 is 51.8 Å². The molecule has 5 rings (SSSR count). The smallest absolute Gasteiger partial charge is 0.410 e. The molecule has 0 unspecified atom stereocenters. The van der Waals surface area contributed by atoms with Crippen LogP contribution in [0.25, 0.3) is 16.0 Å². The van der Waals surface area contributed by atoms with Gasteiger partial charge in [0.1, 0.15) is 33.7 Å². The number of hydrogen-bond donors (Lipinski definition) is 1. The Balaban J connectivity index is 1.36. The standard InChI is InChI=1S/C31H33ClN4O5S/c1-18(21-7-5-6-8-22(21)32)40-25-16-26(42-28(25)29(33)38)36-17-34-23-10-9-20(15-24(23)36)27(37)19-11-13-35(14-12-19)30(39)41-31(2,3)4/h5-10,15-19H,11-14H2,1-4H3,(H2,33,38)/t18-/m1/s1. The molecule has 2 amide bonds. The minimum absolute atomic E-state index is 0.0232. The second-order valence-corrected chi connectivity index (χ2v) is 12.8. The second-order valence-electron chi connectivity index (χ2n) is 11.3. The molecular weight excluding hydrogens is 576 g/mol. The van der Waals surface area contributed by atoms with Crippen LogP contribution in [0, 0.1) is 5.92 Å². The van der Waals surface area contributed by atoms with Crippen molar-refractivity contribution in [3.8, 4) is 10.8 Å². The number of thiophene rings is 1. The highest BCUT2D eigenvalue weighted by atomic mass is 35.5. The van der Waals surface area contributed by atoms with Gasteiger partial charge in [-0.3, -0.25) is 14.2 Å². The Morgan fingerprint density at radius 3 is 2.48 bits per heavy atom. The average Bonchev–Trinajstić information content (AvgIpc) is 3.56. The van der Waals surface area contributed by atoms with Gasteiger partial charge in [-0.15, -0.1) is 11.3 Å². The quantitative estimate of drug-likeness (QED) is 0.230. The van der Waals surface area contributed by atoms with Crippen LogP contribution in [0.2, 0.25) is 5.02 Å². The lowest BCUT2D eigenvalue weighted by Crippen LogP contribution is -2.43. The van der Waals surface area contributed by atoms with E-state index in [1.54, 1.807) is 29.4 Å². The number of primary amides is 1. The van der Waals surface area contributed by atoms with E-state index >= 15 is 0 Å². The molecule has 1 saturated heterocycles. The summed E-state index contributed by atoms with van der Waals surface area (Å²) in [5, 5.41) is 1.23. The van der Waals surface area contributed by atoms with Crippen molar-refractivity contribution in [3.63, 3.8) is 0 Å². The fourth-order valence-electron chi connectivity index (χ4n) is 5.02. The number of ketones is 1. The lowest BCUT2D eigenvalue weighted by molar-refractivity contribution is 0.0182. The number of ether oxygens (including phenoxy) is 2. The molecule has 0 radical (unpaired) electrons. The van der Waals surface area contributed by atoms with Crippen molar-refractivity contribution in [1.29, 1.82) is 0 Å². The van der Waals surface area contributed by atoms with Crippen molar-refractivity contribution in [3.05, 3.63) is 75.9 Å². The van der Waals surface area contributed by atoms with Gasteiger partial charge in [-0.25, -0.2) is 9.78 Å². The topological polar surface area (TPSA) is 117 Å². The predicted octanol–water partition coefficient (Wildman–Crippen LogP) is 6.81. The molecule has 0 bridgehead atoms. The number of imidazole rings is 1. The average molecular weight is 609 g/mol. The minimum atomic E-state index is -0.606. The van der Waals surface area contributed by atoms with Crippen molar-refractivity contribution in [1.82, 2.24) is 14.5 Å². The number of nitrogens with zero attached hydrogens (tertiary/aromatic N) is 3.